The Bertz CT molecular complexity index is 926. The predicted molar refractivity (Wildman–Crippen MR) is 139 cm³/mol. The van der Waals surface area contributed by atoms with Gasteiger partial charge in [0.25, 0.3) is 0 Å². The van der Waals surface area contributed by atoms with Crippen molar-refractivity contribution < 1.29 is 8.78 Å². The fourth-order valence-corrected chi connectivity index (χ4v) is 6.29. The lowest BCUT2D eigenvalue weighted by Crippen LogP contribution is -2.14. The molecule has 184 valence electrons. The van der Waals surface area contributed by atoms with Gasteiger partial charge >= 0.3 is 0 Å². The molecule has 0 aromatic heterocycles. The summed E-state index contributed by atoms with van der Waals surface area (Å²) in [6, 6.07) is 12.5. The van der Waals surface area contributed by atoms with E-state index in [9.17, 15) is 4.39 Å². The monoisotopic (exact) mass is 464 g/mol. The minimum absolute atomic E-state index is 0.132. The lowest BCUT2D eigenvalue weighted by molar-refractivity contribution is 0.294. The molecule has 0 atom stereocenters. The molecule has 2 aliphatic carbocycles. The van der Waals surface area contributed by atoms with Gasteiger partial charge in [0.1, 0.15) is 0 Å². The summed E-state index contributed by atoms with van der Waals surface area (Å²) in [5.74, 6) is 1.04. The molecular weight excluding hydrogens is 422 g/mol. The first-order valence-electron chi connectivity index (χ1n) is 13.7. The van der Waals surface area contributed by atoms with Crippen LogP contribution >= 0.6 is 0 Å². The maximum atomic E-state index is 15.0. The third-order valence-electron chi connectivity index (χ3n) is 8.48. The normalized spacial score (nSPS) is 25.6. The zero-order valence-electron chi connectivity index (χ0n) is 21.2. The van der Waals surface area contributed by atoms with Crippen LogP contribution in [-0.2, 0) is 6.42 Å². The van der Waals surface area contributed by atoms with E-state index in [1.807, 2.05) is 12.1 Å². The van der Waals surface area contributed by atoms with Crippen LogP contribution in [0.15, 0.2) is 48.6 Å². The molecule has 0 nitrogen and oxygen atoms in total. The highest BCUT2D eigenvalue weighted by molar-refractivity contribution is 5.31. The first kappa shape index (κ1) is 25.1. The second-order valence-electron chi connectivity index (χ2n) is 10.9. The third-order valence-corrected chi connectivity index (χ3v) is 8.48. The van der Waals surface area contributed by atoms with Crippen LogP contribution in [0.1, 0.15) is 112 Å². The van der Waals surface area contributed by atoms with Crippen LogP contribution in [0, 0.1) is 30.4 Å². The quantitative estimate of drug-likeness (QED) is 0.341. The largest absolute Gasteiger partial charge is 0.203 e. The fraction of sp³-hybridized carbons (Fsp3) is 0.562. The molecule has 0 saturated heterocycles. The Balaban J connectivity index is 1.27. The summed E-state index contributed by atoms with van der Waals surface area (Å²) < 4.78 is 29.9. The highest BCUT2D eigenvalue weighted by Crippen LogP contribution is 2.41. The van der Waals surface area contributed by atoms with E-state index in [1.54, 1.807) is 0 Å². The molecular formula is C32H42F2. The van der Waals surface area contributed by atoms with Gasteiger partial charge in [-0.2, -0.15) is 0 Å². The molecule has 2 aliphatic rings. The lowest BCUT2D eigenvalue weighted by atomic mass is 9.76. The highest BCUT2D eigenvalue weighted by atomic mass is 19.2. The second kappa shape index (κ2) is 12.1. The van der Waals surface area contributed by atoms with Crippen molar-refractivity contribution in [2.24, 2.45) is 11.8 Å². The van der Waals surface area contributed by atoms with E-state index >= 15 is 4.39 Å². The number of hydrogen-bond acceptors (Lipinski definition) is 0. The number of benzene rings is 2. The van der Waals surface area contributed by atoms with Crippen molar-refractivity contribution in [2.45, 2.75) is 103 Å². The maximum Gasteiger partial charge on any atom is 0.162 e. The zero-order valence-corrected chi connectivity index (χ0v) is 21.2. The van der Waals surface area contributed by atoms with E-state index < -0.39 is 11.6 Å². The van der Waals surface area contributed by atoms with E-state index in [0.717, 1.165) is 38.0 Å². The average Bonchev–Trinajstić information content (AvgIpc) is 2.86. The lowest BCUT2D eigenvalue weighted by Gasteiger charge is -2.29. The molecule has 0 N–H and O–H groups in total. The molecule has 2 fully saturated rings. The first-order chi connectivity index (χ1) is 16.5. The summed E-state index contributed by atoms with van der Waals surface area (Å²) in [5.41, 5.74) is 3.77. The summed E-state index contributed by atoms with van der Waals surface area (Å²) >= 11 is 0. The Morgan fingerprint density at radius 1 is 0.794 bits per heavy atom. The summed E-state index contributed by atoms with van der Waals surface area (Å²) in [6.07, 6.45) is 17.7. The summed E-state index contributed by atoms with van der Waals surface area (Å²) in [7, 11) is 0. The number of aryl methyl sites for hydroxylation is 2. The van der Waals surface area contributed by atoms with Crippen LogP contribution in [0.25, 0.3) is 0 Å². The van der Waals surface area contributed by atoms with Gasteiger partial charge in [-0.15, -0.1) is 0 Å². The van der Waals surface area contributed by atoms with Crippen molar-refractivity contribution in [3.8, 4) is 0 Å². The molecule has 0 amide bonds. The summed E-state index contributed by atoms with van der Waals surface area (Å²) in [6.45, 7) is 4.38. The van der Waals surface area contributed by atoms with Crippen molar-refractivity contribution in [2.75, 3.05) is 0 Å². The van der Waals surface area contributed by atoms with Gasteiger partial charge in [0.15, 0.2) is 11.6 Å². The van der Waals surface area contributed by atoms with Gasteiger partial charge in [-0.05, 0) is 111 Å². The van der Waals surface area contributed by atoms with Gasteiger partial charge in [0.2, 0.25) is 0 Å². The first-order valence-corrected chi connectivity index (χ1v) is 13.7. The molecule has 2 heteroatoms. The Morgan fingerprint density at radius 2 is 1.47 bits per heavy atom. The van der Waals surface area contributed by atoms with Crippen molar-refractivity contribution in [3.63, 3.8) is 0 Å². The van der Waals surface area contributed by atoms with Crippen LogP contribution in [0.5, 0.6) is 0 Å². The molecule has 34 heavy (non-hydrogen) atoms. The molecule has 0 aliphatic heterocycles. The van der Waals surface area contributed by atoms with Gasteiger partial charge in [-0.25, -0.2) is 8.78 Å². The average molecular weight is 465 g/mol. The van der Waals surface area contributed by atoms with E-state index in [-0.39, 0.29) is 5.92 Å². The molecule has 0 radical (unpaired) electrons. The van der Waals surface area contributed by atoms with Crippen LogP contribution in [0.4, 0.5) is 8.78 Å². The number of rotatable bonds is 8. The molecule has 0 bridgehead atoms. The van der Waals surface area contributed by atoms with Crippen LogP contribution in [0.3, 0.4) is 0 Å². The molecule has 0 unspecified atom stereocenters. The fourth-order valence-electron chi connectivity index (χ4n) is 6.29. The van der Waals surface area contributed by atoms with Crippen LogP contribution < -0.4 is 0 Å². The van der Waals surface area contributed by atoms with E-state index in [4.69, 9.17) is 0 Å². The Labute approximate surface area is 205 Å². The number of halogens is 2. The van der Waals surface area contributed by atoms with Crippen molar-refractivity contribution >= 4 is 0 Å². The van der Waals surface area contributed by atoms with Gasteiger partial charge in [-0.3, -0.25) is 0 Å². The highest BCUT2D eigenvalue weighted by Gasteiger charge is 2.27. The SMILES string of the molecule is CCCC1CCC(/C=C/CCc2ccc(C3CCC(c4ccc(C)cc4)CC3)c(F)c2F)CC1. The topological polar surface area (TPSA) is 0 Å². The minimum Gasteiger partial charge on any atom is -0.203 e. The summed E-state index contributed by atoms with van der Waals surface area (Å²) in [5, 5.41) is 0. The number of allylic oxidation sites excluding steroid dienone is 2. The Morgan fingerprint density at radius 3 is 2.15 bits per heavy atom. The molecule has 2 aromatic rings. The van der Waals surface area contributed by atoms with Gasteiger partial charge < -0.3 is 0 Å². The molecule has 2 saturated carbocycles. The zero-order chi connectivity index (χ0) is 23.9. The van der Waals surface area contributed by atoms with E-state index in [1.165, 1.54) is 49.7 Å². The molecule has 2 aromatic carbocycles. The summed E-state index contributed by atoms with van der Waals surface area (Å²) in [4.78, 5) is 0. The van der Waals surface area contributed by atoms with Crippen molar-refractivity contribution in [1.82, 2.24) is 0 Å². The third kappa shape index (κ3) is 6.37. The van der Waals surface area contributed by atoms with Crippen molar-refractivity contribution in [1.29, 1.82) is 0 Å². The molecule has 0 spiro atoms. The Hall–Kier alpha value is -1.96. The maximum absolute atomic E-state index is 15.0. The van der Waals surface area contributed by atoms with Crippen molar-refractivity contribution in [3.05, 3.63) is 82.4 Å². The smallest absolute Gasteiger partial charge is 0.162 e. The minimum atomic E-state index is -0.619. The standard InChI is InChI=1S/C32H42F2/c1-3-6-24-11-13-25(14-12-24)7-4-5-8-29-21-22-30(32(34)31(29)33)28-19-17-27(18-20-28)26-15-9-23(2)10-16-26/h4,7,9-10,15-16,21-22,24-25,27-28H,3,5-6,8,11-14,17-20H2,1-2H3/b7-4+. The Kier molecular flexibility index (Phi) is 8.98. The second-order valence-corrected chi connectivity index (χ2v) is 10.9. The molecule has 0 heterocycles. The van der Waals surface area contributed by atoms with Crippen LogP contribution in [-0.4, -0.2) is 0 Å². The van der Waals surface area contributed by atoms with E-state index in [2.05, 4.69) is 50.3 Å². The van der Waals surface area contributed by atoms with Gasteiger partial charge in [0.05, 0.1) is 0 Å². The molecule has 4 rings (SSSR count). The predicted octanol–water partition coefficient (Wildman–Crippen LogP) is 9.81. The van der Waals surface area contributed by atoms with Crippen LogP contribution in [0.2, 0.25) is 0 Å². The van der Waals surface area contributed by atoms with E-state index in [0.29, 0.717) is 29.4 Å². The van der Waals surface area contributed by atoms with Gasteiger partial charge in [0, 0.05) is 0 Å². The van der Waals surface area contributed by atoms with Gasteiger partial charge in [-0.1, -0.05) is 73.9 Å². The number of hydrogen-bond donors (Lipinski definition) is 0.